The summed E-state index contributed by atoms with van der Waals surface area (Å²) in [6.45, 7) is 2.09. The fraction of sp³-hybridized carbons (Fsp3) is 0.333. The topological polar surface area (TPSA) is 40.6 Å². The minimum absolute atomic E-state index is 0.0641. The molecule has 0 aliphatic carbocycles. The number of nitrogens with zero attached hydrogens (tertiary/aromatic N) is 2. The largest absolute Gasteiger partial charge is 0.339 e. The van der Waals surface area contributed by atoms with Crippen molar-refractivity contribution < 1.29 is 14.0 Å². The average Bonchev–Trinajstić information content (AvgIpc) is 2.69. The van der Waals surface area contributed by atoms with Crippen molar-refractivity contribution in [1.82, 2.24) is 9.80 Å². The van der Waals surface area contributed by atoms with E-state index in [0.29, 0.717) is 38.2 Å². The molecule has 0 saturated carbocycles. The zero-order chi connectivity index (χ0) is 18.4. The summed E-state index contributed by atoms with van der Waals surface area (Å²) in [4.78, 5) is 28.3. The smallest absolute Gasteiger partial charge is 0.227 e. The molecule has 0 radical (unpaired) electrons. The van der Waals surface area contributed by atoms with Crippen LogP contribution in [0.4, 0.5) is 4.39 Å². The Morgan fingerprint density at radius 2 is 1.38 bits per heavy atom. The highest BCUT2D eigenvalue weighted by atomic mass is 19.1. The summed E-state index contributed by atoms with van der Waals surface area (Å²) in [6.07, 6.45) is 1.27. The van der Waals surface area contributed by atoms with Crippen LogP contribution in [0.2, 0.25) is 0 Å². The lowest BCUT2D eigenvalue weighted by Crippen LogP contribution is -2.51. The van der Waals surface area contributed by atoms with Gasteiger partial charge in [-0.05, 0) is 23.6 Å². The number of rotatable bonds is 5. The first-order chi connectivity index (χ1) is 12.6. The predicted octanol–water partition coefficient (Wildman–Crippen LogP) is 2.67. The molecule has 1 aliphatic heterocycles. The summed E-state index contributed by atoms with van der Waals surface area (Å²) in [5, 5.41) is 0. The molecular weight excluding hydrogens is 331 g/mol. The lowest BCUT2D eigenvalue weighted by atomic mass is 10.1. The summed E-state index contributed by atoms with van der Waals surface area (Å²) < 4.78 is 13.7. The van der Waals surface area contributed by atoms with Crippen LogP contribution in [0.25, 0.3) is 0 Å². The monoisotopic (exact) mass is 354 g/mol. The lowest BCUT2D eigenvalue weighted by Gasteiger charge is -2.35. The van der Waals surface area contributed by atoms with Crippen LogP contribution in [0, 0.1) is 5.82 Å². The van der Waals surface area contributed by atoms with Crippen molar-refractivity contribution >= 4 is 11.8 Å². The van der Waals surface area contributed by atoms with Gasteiger partial charge >= 0.3 is 0 Å². The number of halogens is 1. The second kappa shape index (κ2) is 8.61. The average molecular weight is 354 g/mol. The molecule has 136 valence electrons. The molecule has 0 atom stereocenters. The third-order valence-corrected chi connectivity index (χ3v) is 4.75. The van der Waals surface area contributed by atoms with Crippen LogP contribution in [0.1, 0.15) is 17.5 Å². The Balaban J connectivity index is 1.45. The van der Waals surface area contributed by atoms with Gasteiger partial charge in [0.25, 0.3) is 0 Å². The third kappa shape index (κ3) is 4.69. The van der Waals surface area contributed by atoms with Crippen molar-refractivity contribution in [2.75, 3.05) is 26.2 Å². The van der Waals surface area contributed by atoms with Crippen molar-refractivity contribution in [3.8, 4) is 0 Å². The van der Waals surface area contributed by atoms with E-state index in [4.69, 9.17) is 0 Å². The van der Waals surface area contributed by atoms with E-state index in [9.17, 15) is 14.0 Å². The number of carbonyl (C=O) groups excluding carboxylic acids is 2. The molecule has 0 bridgehead atoms. The van der Waals surface area contributed by atoms with Crippen molar-refractivity contribution in [2.45, 2.75) is 19.3 Å². The fourth-order valence-electron chi connectivity index (χ4n) is 3.18. The van der Waals surface area contributed by atoms with E-state index in [1.165, 1.54) is 6.07 Å². The molecule has 2 aromatic carbocycles. The minimum atomic E-state index is -0.351. The molecule has 26 heavy (non-hydrogen) atoms. The van der Waals surface area contributed by atoms with Gasteiger partial charge in [0.15, 0.2) is 0 Å². The first kappa shape index (κ1) is 18.1. The molecule has 0 N–H and O–H groups in total. The summed E-state index contributed by atoms with van der Waals surface area (Å²) in [5.41, 5.74) is 1.57. The van der Waals surface area contributed by atoms with E-state index in [-0.39, 0.29) is 24.1 Å². The number of carbonyl (C=O) groups is 2. The van der Waals surface area contributed by atoms with E-state index in [1.54, 1.807) is 23.1 Å². The summed E-state index contributed by atoms with van der Waals surface area (Å²) >= 11 is 0. The second-order valence-corrected chi connectivity index (χ2v) is 6.52. The minimum Gasteiger partial charge on any atom is -0.339 e. The van der Waals surface area contributed by atoms with Gasteiger partial charge in [-0.15, -0.1) is 0 Å². The summed E-state index contributed by atoms with van der Waals surface area (Å²) in [6, 6.07) is 16.3. The van der Waals surface area contributed by atoms with Crippen molar-refractivity contribution in [3.63, 3.8) is 0 Å². The molecule has 3 rings (SSSR count). The van der Waals surface area contributed by atoms with E-state index >= 15 is 0 Å². The molecule has 1 saturated heterocycles. The Kier molecular flexibility index (Phi) is 6.00. The zero-order valence-electron chi connectivity index (χ0n) is 14.7. The van der Waals surface area contributed by atoms with Crippen LogP contribution in [0.5, 0.6) is 0 Å². The van der Waals surface area contributed by atoms with Crippen LogP contribution < -0.4 is 0 Å². The molecule has 2 amide bonds. The number of hydrogen-bond acceptors (Lipinski definition) is 2. The Bertz CT molecular complexity index is 756. The van der Waals surface area contributed by atoms with Gasteiger partial charge in [-0.3, -0.25) is 9.59 Å². The highest BCUT2D eigenvalue weighted by Crippen LogP contribution is 2.12. The molecule has 1 aliphatic rings. The van der Waals surface area contributed by atoms with Gasteiger partial charge in [0, 0.05) is 32.6 Å². The lowest BCUT2D eigenvalue weighted by molar-refractivity contribution is -0.139. The molecule has 1 heterocycles. The van der Waals surface area contributed by atoms with Crippen molar-refractivity contribution in [1.29, 1.82) is 0 Å². The first-order valence-corrected chi connectivity index (χ1v) is 8.96. The molecule has 2 aromatic rings. The predicted molar refractivity (Wildman–Crippen MR) is 98.0 cm³/mol. The Morgan fingerprint density at radius 3 is 2.04 bits per heavy atom. The van der Waals surface area contributed by atoms with Crippen LogP contribution >= 0.6 is 0 Å². The summed E-state index contributed by atoms with van der Waals surface area (Å²) in [7, 11) is 0. The molecule has 5 heteroatoms. The van der Waals surface area contributed by atoms with Gasteiger partial charge in [0.2, 0.25) is 11.8 Å². The normalized spacial score (nSPS) is 14.3. The quantitative estimate of drug-likeness (QED) is 0.828. The van der Waals surface area contributed by atoms with E-state index in [1.807, 2.05) is 35.2 Å². The van der Waals surface area contributed by atoms with Gasteiger partial charge in [0.1, 0.15) is 5.82 Å². The molecule has 0 spiro atoms. The second-order valence-electron chi connectivity index (χ2n) is 6.52. The molecule has 4 nitrogen and oxygen atoms in total. The van der Waals surface area contributed by atoms with E-state index in [2.05, 4.69) is 0 Å². The number of amides is 2. The number of hydrogen-bond donors (Lipinski definition) is 0. The number of piperazine rings is 1. The molecule has 1 fully saturated rings. The number of aryl methyl sites for hydroxylation is 1. The molecule has 0 aromatic heterocycles. The van der Waals surface area contributed by atoms with Crippen LogP contribution in [0.3, 0.4) is 0 Å². The van der Waals surface area contributed by atoms with Gasteiger partial charge in [0.05, 0.1) is 6.42 Å². The SMILES string of the molecule is O=C(CCc1ccccc1)N1CCN(C(=O)Cc2ccccc2F)CC1. The maximum absolute atomic E-state index is 13.7. The van der Waals surface area contributed by atoms with Crippen LogP contribution in [-0.2, 0) is 22.4 Å². The van der Waals surface area contributed by atoms with Gasteiger partial charge < -0.3 is 9.80 Å². The van der Waals surface area contributed by atoms with Gasteiger partial charge in [-0.25, -0.2) is 4.39 Å². The highest BCUT2D eigenvalue weighted by molar-refractivity contribution is 5.80. The molecular formula is C21H23FN2O2. The fourth-order valence-corrected chi connectivity index (χ4v) is 3.18. The zero-order valence-corrected chi connectivity index (χ0v) is 14.7. The van der Waals surface area contributed by atoms with E-state index < -0.39 is 0 Å². The van der Waals surface area contributed by atoms with Crippen molar-refractivity contribution in [3.05, 3.63) is 71.5 Å². The third-order valence-electron chi connectivity index (χ3n) is 4.75. The standard InChI is InChI=1S/C21H23FN2O2/c22-19-9-5-4-8-18(19)16-21(26)24-14-12-23(13-15-24)20(25)11-10-17-6-2-1-3-7-17/h1-9H,10-16H2. The Hall–Kier alpha value is -2.69. The van der Waals surface area contributed by atoms with Crippen LogP contribution in [0.15, 0.2) is 54.6 Å². The molecule has 0 unspecified atom stereocenters. The van der Waals surface area contributed by atoms with Crippen LogP contribution in [-0.4, -0.2) is 47.8 Å². The first-order valence-electron chi connectivity index (χ1n) is 8.96. The maximum atomic E-state index is 13.7. The van der Waals surface area contributed by atoms with E-state index in [0.717, 1.165) is 12.0 Å². The maximum Gasteiger partial charge on any atom is 0.227 e. The van der Waals surface area contributed by atoms with Crippen molar-refractivity contribution in [2.24, 2.45) is 0 Å². The summed E-state index contributed by atoms with van der Waals surface area (Å²) in [5.74, 6) is -0.322. The van der Waals surface area contributed by atoms with Gasteiger partial charge in [-0.1, -0.05) is 48.5 Å². The Morgan fingerprint density at radius 1 is 0.808 bits per heavy atom. The Labute approximate surface area is 153 Å². The van der Waals surface area contributed by atoms with Gasteiger partial charge in [-0.2, -0.15) is 0 Å². The highest BCUT2D eigenvalue weighted by Gasteiger charge is 2.24. The number of benzene rings is 2.